The lowest BCUT2D eigenvalue weighted by molar-refractivity contribution is 0.588. The zero-order chi connectivity index (χ0) is 14.6. The Bertz CT molecular complexity index is 667. The summed E-state index contributed by atoms with van der Waals surface area (Å²) in [6, 6.07) is 6.53. The number of nitrogens with zero attached hydrogens (tertiary/aromatic N) is 2. The van der Waals surface area contributed by atoms with Gasteiger partial charge in [0.15, 0.2) is 0 Å². The molecule has 2 rings (SSSR count). The van der Waals surface area contributed by atoms with Crippen LogP contribution in [0.25, 0.3) is 0 Å². The van der Waals surface area contributed by atoms with E-state index in [-0.39, 0.29) is 4.90 Å². The summed E-state index contributed by atoms with van der Waals surface area (Å²) in [5.41, 5.74) is 2.51. The Morgan fingerprint density at radius 2 is 1.80 bits per heavy atom. The minimum absolute atomic E-state index is 0.237. The van der Waals surface area contributed by atoms with Gasteiger partial charge in [-0.1, -0.05) is 0 Å². The number of hydrogen-bond donors (Lipinski definition) is 2. The van der Waals surface area contributed by atoms with Gasteiger partial charge >= 0.3 is 0 Å². The van der Waals surface area contributed by atoms with Gasteiger partial charge in [-0.3, -0.25) is 9.97 Å². The lowest BCUT2D eigenvalue weighted by Crippen LogP contribution is -2.18. The molecule has 2 aromatic rings. The Labute approximate surface area is 118 Å². The van der Waals surface area contributed by atoms with Gasteiger partial charge in [0.2, 0.25) is 10.0 Å². The molecule has 0 amide bonds. The van der Waals surface area contributed by atoms with Crippen molar-refractivity contribution in [2.75, 3.05) is 12.4 Å². The number of aryl methyl sites for hydroxylation is 1. The van der Waals surface area contributed by atoms with Crippen LogP contribution in [0.15, 0.2) is 41.6 Å². The van der Waals surface area contributed by atoms with Crippen molar-refractivity contribution in [2.45, 2.75) is 18.4 Å². The first-order valence-electron chi connectivity index (χ1n) is 6.06. The Morgan fingerprint density at radius 1 is 1.10 bits per heavy atom. The summed E-state index contributed by atoms with van der Waals surface area (Å²) in [7, 11) is -2.00. The van der Waals surface area contributed by atoms with Crippen molar-refractivity contribution in [3.8, 4) is 0 Å². The second-order valence-electron chi connectivity index (χ2n) is 4.23. The average Bonchev–Trinajstić information content (AvgIpc) is 2.47. The normalized spacial score (nSPS) is 11.3. The van der Waals surface area contributed by atoms with E-state index in [1.807, 2.05) is 6.92 Å². The summed E-state index contributed by atoms with van der Waals surface area (Å²) in [6.45, 7) is 2.41. The van der Waals surface area contributed by atoms with Crippen molar-refractivity contribution in [3.63, 3.8) is 0 Å². The zero-order valence-electron chi connectivity index (χ0n) is 11.3. The van der Waals surface area contributed by atoms with Gasteiger partial charge < -0.3 is 5.32 Å². The minimum Gasteiger partial charge on any atom is -0.379 e. The summed E-state index contributed by atoms with van der Waals surface area (Å²) < 4.78 is 25.4. The van der Waals surface area contributed by atoms with Crippen LogP contribution in [0.2, 0.25) is 0 Å². The molecule has 0 radical (unpaired) electrons. The molecule has 1 heterocycles. The number of aromatic nitrogens is 2. The van der Waals surface area contributed by atoms with Crippen LogP contribution >= 0.6 is 0 Å². The van der Waals surface area contributed by atoms with E-state index >= 15 is 0 Å². The third-order valence-electron chi connectivity index (χ3n) is 2.74. The first-order valence-corrected chi connectivity index (χ1v) is 7.54. The fraction of sp³-hybridized carbons (Fsp3) is 0.231. The Hall–Kier alpha value is -1.99. The first kappa shape index (κ1) is 14.4. The van der Waals surface area contributed by atoms with Gasteiger partial charge in [0.25, 0.3) is 0 Å². The lowest BCUT2D eigenvalue weighted by atomic mass is 10.3. The highest BCUT2D eigenvalue weighted by molar-refractivity contribution is 7.89. The molecule has 0 spiro atoms. The molecule has 6 nitrogen and oxygen atoms in total. The van der Waals surface area contributed by atoms with Crippen LogP contribution < -0.4 is 10.0 Å². The van der Waals surface area contributed by atoms with Crippen LogP contribution in [0.3, 0.4) is 0 Å². The van der Waals surface area contributed by atoms with Crippen molar-refractivity contribution in [3.05, 3.63) is 48.0 Å². The van der Waals surface area contributed by atoms with E-state index in [9.17, 15) is 8.42 Å². The van der Waals surface area contributed by atoms with Crippen LogP contribution in [0, 0.1) is 6.92 Å². The Morgan fingerprint density at radius 3 is 2.35 bits per heavy atom. The van der Waals surface area contributed by atoms with Gasteiger partial charge in [-0.25, -0.2) is 13.1 Å². The van der Waals surface area contributed by atoms with E-state index in [0.717, 1.165) is 17.1 Å². The van der Waals surface area contributed by atoms with Gasteiger partial charge in [-0.2, -0.15) is 0 Å². The highest BCUT2D eigenvalue weighted by atomic mass is 32.2. The summed E-state index contributed by atoms with van der Waals surface area (Å²) >= 11 is 0. The number of anilines is 1. The maximum absolute atomic E-state index is 11.6. The third kappa shape index (κ3) is 3.52. The summed E-state index contributed by atoms with van der Waals surface area (Å²) in [6.07, 6.45) is 3.42. The predicted octanol–water partition coefficient (Wildman–Crippen LogP) is 1.31. The molecule has 0 saturated carbocycles. The molecule has 1 aromatic carbocycles. The van der Waals surface area contributed by atoms with E-state index < -0.39 is 10.0 Å². The average molecular weight is 292 g/mol. The summed E-state index contributed by atoms with van der Waals surface area (Å²) in [5.74, 6) is 0. The van der Waals surface area contributed by atoms with Gasteiger partial charge in [0.1, 0.15) is 0 Å². The Balaban J connectivity index is 2.03. The number of hydrogen-bond acceptors (Lipinski definition) is 5. The van der Waals surface area contributed by atoms with Crippen molar-refractivity contribution >= 4 is 15.7 Å². The molecule has 20 heavy (non-hydrogen) atoms. The third-order valence-corrected chi connectivity index (χ3v) is 4.17. The van der Waals surface area contributed by atoms with Crippen LogP contribution in [0.4, 0.5) is 5.69 Å². The second kappa shape index (κ2) is 5.98. The summed E-state index contributed by atoms with van der Waals surface area (Å²) in [5, 5.41) is 3.16. The van der Waals surface area contributed by atoms with Gasteiger partial charge in [0.05, 0.1) is 29.0 Å². The van der Waals surface area contributed by atoms with E-state index in [1.54, 1.807) is 36.7 Å². The van der Waals surface area contributed by atoms with Gasteiger partial charge in [-0.15, -0.1) is 0 Å². The molecule has 2 N–H and O–H groups in total. The highest BCUT2D eigenvalue weighted by Crippen LogP contribution is 2.14. The lowest BCUT2D eigenvalue weighted by Gasteiger charge is -2.07. The maximum atomic E-state index is 11.6. The van der Waals surface area contributed by atoms with Gasteiger partial charge in [0, 0.05) is 11.9 Å². The standard InChI is InChI=1S/C13H16N4O2S/c1-10-7-16-12(8-15-10)9-17-11-3-5-13(6-4-11)20(18,19)14-2/h3-8,14,17H,9H2,1-2H3. The number of nitrogens with one attached hydrogen (secondary N) is 2. The molecular formula is C13H16N4O2S. The molecule has 7 heteroatoms. The van der Waals surface area contributed by atoms with Gasteiger partial charge in [-0.05, 0) is 38.2 Å². The SMILES string of the molecule is CNS(=O)(=O)c1ccc(NCc2cnc(C)cn2)cc1. The zero-order valence-corrected chi connectivity index (χ0v) is 12.1. The highest BCUT2D eigenvalue weighted by Gasteiger charge is 2.10. The topological polar surface area (TPSA) is 84.0 Å². The predicted molar refractivity (Wildman–Crippen MR) is 76.8 cm³/mol. The molecule has 0 atom stereocenters. The fourth-order valence-electron chi connectivity index (χ4n) is 1.57. The molecule has 0 aliphatic rings. The Kier molecular flexibility index (Phi) is 4.31. The van der Waals surface area contributed by atoms with E-state index in [2.05, 4.69) is 20.0 Å². The molecule has 106 valence electrons. The number of rotatable bonds is 5. The van der Waals surface area contributed by atoms with Crippen molar-refractivity contribution in [2.24, 2.45) is 0 Å². The number of benzene rings is 1. The molecule has 0 saturated heterocycles. The number of sulfonamides is 1. The van der Waals surface area contributed by atoms with Crippen LogP contribution in [-0.2, 0) is 16.6 Å². The molecule has 0 unspecified atom stereocenters. The van der Waals surface area contributed by atoms with E-state index in [0.29, 0.717) is 6.54 Å². The van der Waals surface area contributed by atoms with Crippen molar-refractivity contribution < 1.29 is 8.42 Å². The van der Waals surface area contributed by atoms with Crippen LogP contribution in [0.5, 0.6) is 0 Å². The summed E-state index contributed by atoms with van der Waals surface area (Å²) in [4.78, 5) is 8.63. The van der Waals surface area contributed by atoms with Crippen molar-refractivity contribution in [1.82, 2.24) is 14.7 Å². The largest absolute Gasteiger partial charge is 0.379 e. The molecule has 0 aliphatic carbocycles. The van der Waals surface area contributed by atoms with E-state index in [1.165, 1.54) is 7.05 Å². The molecular weight excluding hydrogens is 276 g/mol. The van der Waals surface area contributed by atoms with E-state index in [4.69, 9.17) is 0 Å². The van der Waals surface area contributed by atoms with Crippen LogP contribution in [-0.4, -0.2) is 25.4 Å². The molecule has 0 fully saturated rings. The van der Waals surface area contributed by atoms with Crippen LogP contribution in [0.1, 0.15) is 11.4 Å². The molecule has 0 bridgehead atoms. The smallest absolute Gasteiger partial charge is 0.240 e. The van der Waals surface area contributed by atoms with Crippen molar-refractivity contribution in [1.29, 1.82) is 0 Å². The second-order valence-corrected chi connectivity index (χ2v) is 6.12. The maximum Gasteiger partial charge on any atom is 0.240 e. The quantitative estimate of drug-likeness (QED) is 0.868. The molecule has 0 aliphatic heterocycles. The first-order chi connectivity index (χ1) is 9.51. The molecule has 1 aromatic heterocycles. The monoisotopic (exact) mass is 292 g/mol. The minimum atomic E-state index is -3.39. The fourth-order valence-corrected chi connectivity index (χ4v) is 2.30.